The number of nitrogens with one attached hydrogen (secondary N) is 2. The highest BCUT2D eigenvalue weighted by Gasteiger charge is 2.05. The highest BCUT2D eigenvalue weighted by Crippen LogP contribution is 2.06. The van der Waals surface area contributed by atoms with Crippen molar-refractivity contribution >= 4 is 10.9 Å². The minimum Gasteiger partial charge on any atom is -0.444 e. The van der Waals surface area contributed by atoms with Crippen molar-refractivity contribution in [2.75, 3.05) is 0 Å². The largest absolute Gasteiger partial charge is 0.444 e. The number of benzene rings is 1. The van der Waals surface area contributed by atoms with Crippen molar-refractivity contribution in [3.63, 3.8) is 0 Å². The van der Waals surface area contributed by atoms with Gasteiger partial charge in [-0.05, 0) is 12.1 Å². The molecule has 0 atom stereocenters. The summed E-state index contributed by atoms with van der Waals surface area (Å²) in [4.78, 5) is 23.3. The van der Waals surface area contributed by atoms with Gasteiger partial charge in [0.2, 0.25) is 5.89 Å². The number of para-hydroxylation sites is 1. The molecular formula is C15H16N4O2. The second kappa shape index (κ2) is 5.88. The Morgan fingerprint density at radius 2 is 2.14 bits per heavy atom. The molecule has 0 aliphatic carbocycles. The zero-order valence-corrected chi connectivity index (χ0v) is 11.7. The third kappa shape index (κ3) is 3.00. The molecule has 1 aromatic carbocycles. The summed E-state index contributed by atoms with van der Waals surface area (Å²) in [5.41, 5.74) is 0.573. The lowest BCUT2D eigenvalue weighted by molar-refractivity contribution is 0.437. The summed E-state index contributed by atoms with van der Waals surface area (Å²) < 4.78 is 5.50. The van der Waals surface area contributed by atoms with E-state index in [-0.39, 0.29) is 5.56 Å². The maximum atomic E-state index is 11.9. The molecule has 0 fully saturated rings. The Balaban J connectivity index is 1.69. The summed E-state index contributed by atoms with van der Waals surface area (Å²) in [5.74, 6) is 2.10. The molecule has 6 nitrogen and oxygen atoms in total. The Kier molecular flexibility index (Phi) is 3.79. The topological polar surface area (TPSA) is 83.8 Å². The number of rotatable bonds is 5. The number of nitrogens with zero attached hydrogens (tertiary/aromatic N) is 2. The Hall–Kier alpha value is -2.47. The smallest absolute Gasteiger partial charge is 0.258 e. The number of aromatic amines is 1. The molecule has 2 N–H and O–H groups in total. The highest BCUT2D eigenvalue weighted by molar-refractivity contribution is 5.77. The molecule has 2 heterocycles. The van der Waals surface area contributed by atoms with Gasteiger partial charge in [-0.25, -0.2) is 9.97 Å². The fourth-order valence-corrected chi connectivity index (χ4v) is 2.10. The monoisotopic (exact) mass is 284 g/mol. The van der Waals surface area contributed by atoms with Gasteiger partial charge in [-0.1, -0.05) is 19.1 Å². The summed E-state index contributed by atoms with van der Waals surface area (Å²) >= 11 is 0. The Morgan fingerprint density at radius 1 is 1.29 bits per heavy atom. The lowest BCUT2D eigenvalue weighted by Crippen LogP contribution is -2.19. The number of H-pyrrole nitrogens is 1. The van der Waals surface area contributed by atoms with Gasteiger partial charge in [0.25, 0.3) is 5.56 Å². The van der Waals surface area contributed by atoms with Crippen LogP contribution in [0.5, 0.6) is 0 Å². The third-order valence-electron chi connectivity index (χ3n) is 3.18. The molecular weight excluding hydrogens is 268 g/mol. The van der Waals surface area contributed by atoms with Crippen LogP contribution in [-0.2, 0) is 19.5 Å². The normalized spacial score (nSPS) is 11.1. The first-order valence-electron chi connectivity index (χ1n) is 6.88. The van der Waals surface area contributed by atoms with Crippen LogP contribution in [0.2, 0.25) is 0 Å². The van der Waals surface area contributed by atoms with Crippen LogP contribution in [0.3, 0.4) is 0 Å². The van der Waals surface area contributed by atoms with Gasteiger partial charge in [0.1, 0.15) is 11.6 Å². The van der Waals surface area contributed by atoms with Crippen LogP contribution in [0.15, 0.2) is 39.7 Å². The molecule has 0 aliphatic heterocycles. The number of fused-ring (bicyclic) bond motifs is 1. The second-order valence-corrected chi connectivity index (χ2v) is 4.71. The van der Waals surface area contributed by atoms with E-state index in [0.717, 1.165) is 12.2 Å². The van der Waals surface area contributed by atoms with Crippen molar-refractivity contribution < 1.29 is 4.42 Å². The standard InChI is InChI=1S/C15H16N4O2/c1-2-10-7-17-14(21-10)9-16-8-13-18-12-6-4-3-5-11(12)15(20)19-13/h3-7,16H,2,8-9H2,1H3,(H,18,19,20). The quantitative estimate of drug-likeness (QED) is 0.746. The molecule has 2 aromatic heterocycles. The zero-order valence-electron chi connectivity index (χ0n) is 11.7. The van der Waals surface area contributed by atoms with Crippen LogP contribution in [0.1, 0.15) is 24.4 Å². The average molecular weight is 284 g/mol. The molecule has 0 spiro atoms. The Bertz CT molecular complexity index is 807. The van der Waals surface area contributed by atoms with E-state index in [0.29, 0.717) is 35.7 Å². The lowest BCUT2D eigenvalue weighted by Gasteiger charge is -2.03. The minimum absolute atomic E-state index is 0.123. The van der Waals surface area contributed by atoms with Crippen molar-refractivity contribution in [3.8, 4) is 0 Å². The molecule has 0 aliphatic rings. The molecule has 0 unspecified atom stereocenters. The molecule has 0 bridgehead atoms. The molecule has 6 heteroatoms. The van der Waals surface area contributed by atoms with Crippen LogP contribution in [0.4, 0.5) is 0 Å². The molecule has 0 saturated heterocycles. The molecule has 0 amide bonds. The maximum absolute atomic E-state index is 11.9. The van der Waals surface area contributed by atoms with Crippen LogP contribution in [0, 0.1) is 0 Å². The van der Waals surface area contributed by atoms with Crippen molar-refractivity contribution in [2.24, 2.45) is 0 Å². The summed E-state index contributed by atoms with van der Waals surface area (Å²) in [6.07, 6.45) is 2.56. The molecule has 21 heavy (non-hydrogen) atoms. The van der Waals surface area contributed by atoms with Crippen LogP contribution >= 0.6 is 0 Å². The van der Waals surface area contributed by atoms with Gasteiger partial charge in [-0.3, -0.25) is 4.79 Å². The number of aromatic nitrogens is 3. The van der Waals surface area contributed by atoms with Crippen molar-refractivity contribution in [1.29, 1.82) is 0 Å². The van der Waals surface area contributed by atoms with Gasteiger partial charge >= 0.3 is 0 Å². The molecule has 0 saturated carbocycles. The maximum Gasteiger partial charge on any atom is 0.258 e. The third-order valence-corrected chi connectivity index (χ3v) is 3.18. The highest BCUT2D eigenvalue weighted by atomic mass is 16.4. The zero-order chi connectivity index (χ0) is 14.7. The average Bonchev–Trinajstić information content (AvgIpc) is 2.95. The van der Waals surface area contributed by atoms with Crippen molar-refractivity contribution in [3.05, 3.63) is 58.3 Å². The van der Waals surface area contributed by atoms with Gasteiger partial charge in [-0.2, -0.15) is 0 Å². The fourth-order valence-electron chi connectivity index (χ4n) is 2.10. The Morgan fingerprint density at radius 3 is 2.95 bits per heavy atom. The first-order chi connectivity index (χ1) is 10.3. The minimum atomic E-state index is -0.123. The van der Waals surface area contributed by atoms with E-state index in [1.165, 1.54) is 0 Å². The van der Waals surface area contributed by atoms with Gasteiger partial charge < -0.3 is 14.7 Å². The lowest BCUT2D eigenvalue weighted by atomic mass is 10.2. The number of aryl methyl sites for hydroxylation is 1. The van der Waals surface area contributed by atoms with E-state index in [9.17, 15) is 4.79 Å². The van der Waals surface area contributed by atoms with Crippen LogP contribution in [0.25, 0.3) is 10.9 Å². The van der Waals surface area contributed by atoms with Gasteiger partial charge in [0, 0.05) is 6.42 Å². The predicted octanol–water partition coefficient (Wildman–Crippen LogP) is 1.76. The van der Waals surface area contributed by atoms with E-state index in [1.54, 1.807) is 12.3 Å². The van der Waals surface area contributed by atoms with E-state index in [2.05, 4.69) is 20.3 Å². The fraction of sp³-hybridized carbons (Fsp3) is 0.267. The second-order valence-electron chi connectivity index (χ2n) is 4.71. The van der Waals surface area contributed by atoms with Crippen LogP contribution in [-0.4, -0.2) is 15.0 Å². The first kappa shape index (κ1) is 13.5. The first-order valence-corrected chi connectivity index (χ1v) is 6.88. The summed E-state index contributed by atoms with van der Waals surface area (Å²) in [6, 6.07) is 7.28. The van der Waals surface area contributed by atoms with E-state index in [4.69, 9.17) is 4.42 Å². The number of oxazole rings is 1. The van der Waals surface area contributed by atoms with E-state index in [1.807, 2.05) is 25.1 Å². The summed E-state index contributed by atoms with van der Waals surface area (Å²) in [6.45, 7) is 2.96. The molecule has 3 aromatic rings. The van der Waals surface area contributed by atoms with Crippen molar-refractivity contribution in [2.45, 2.75) is 26.4 Å². The summed E-state index contributed by atoms with van der Waals surface area (Å²) in [5, 5.41) is 3.76. The van der Waals surface area contributed by atoms with Gasteiger partial charge in [0.05, 0.1) is 30.2 Å². The molecule has 3 rings (SSSR count). The predicted molar refractivity (Wildman–Crippen MR) is 78.8 cm³/mol. The van der Waals surface area contributed by atoms with E-state index < -0.39 is 0 Å². The van der Waals surface area contributed by atoms with Gasteiger partial charge in [0.15, 0.2) is 0 Å². The van der Waals surface area contributed by atoms with Crippen LogP contribution < -0.4 is 10.9 Å². The SMILES string of the molecule is CCc1cnc(CNCc2nc3ccccc3c(=O)[nH]2)o1. The van der Waals surface area contributed by atoms with Gasteiger partial charge in [-0.15, -0.1) is 0 Å². The Labute approximate surface area is 121 Å². The number of hydrogen-bond donors (Lipinski definition) is 2. The molecule has 108 valence electrons. The number of hydrogen-bond acceptors (Lipinski definition) is 5. The summed E-state index contributed by atoms with van der Waals surface area (Å²) in [7, 11) is 0. The molecule has 0 radical (unpaired) electrons. The van der Waals surface area contributed by atoms with E-state index >= 15 is 0 Å². The van der Waals surface area contributed by atoms with Crippen molar-refractivity contribution in [1.82, 2.24) is 20.3 Å².